The van der Waals surface area contributed by atoms with Gasteiger partial charge in [0.1, 0.15) is 10.8 Å². The molecule has 1 aliphatic rings. The molecule has 2 aromatic rings. The number of amides is 1. The Balaban J connectivity index is 1.53. The standard InChI is InChI=1S/C19H24N2O2S/c1-23-16-10-8-15(9-11-16)5-4-7-18(22)21-13-3-2-6-17(21)19-20-12-14-24-19/h8-12,14,17H,2-7,13H2,1H3/t17-/m0/s1. The van der Waals surface area contributed by atoms with E-state index in [0.717, 1.165) is 43.0 Å². The minimum Gasteiger partial charge on any atom is -0.497 e. The van der Waals surface area contributed by atoms with Crippen molar-refractivity contribution in [3.8, 4) is 5.75 Å². The van der Waals surface area contributed by atoms with E-state index in [4.69, 9.17) is 4.74 Å². The molecule has 0 N–H and O–H groups in total. The smallest absolute Gasteiger partial charge is 0.223 e. The molecule has 1 aliphatic heterocycles. The average molecular weight is 344 g/mol. The van der Waals surface area contributed by atoms with Crippen LogP contribution >= 0.6 is 11.3 Å². The van der Waals surface area contributed by atoms with E-state index in [9.17, 15) is 4.79 Å². The minimum atomic E-state index is 0.187. The Labute approximate surface area is 147 Å². The predicted molar refractivity (Wildman–Crippen MR) is 96.4 cm³/mol. The van der Waals surface area contributed by atoms with Crippen molar-refractivity contribution in [2.24, 2.45) is 0 Å². The number of nitrogens with zero attached hydrogens (tertiary/aromatic N) is 2. The van der Waals surface area contributed by atoms with E-state index in [1.165, 1.54) is 12.0 Å². The lowest BCUT2D eigenvalue weighted by atomic mass is 10.0. The van der Waals surface area contributed by atoms with Gasteiger partial charge in [-0.1, -0.05) is 12.1 Å². The Morgan fingerprint density at radius 1 is 1.33 bits per heavy atom. The highest BCUT2D eigenvalue weighted by molar-refractivity contribution is 7.09. The molecular formula is C19H24N2O2S. The van der Waals surface area contributed by atoms with E-state index in [-0.39, 0.29) is 11.9 Å². The number of aryl methyl sites for hydroxylation is 1. The number of rotatable bonds is 6. The molecule has 0 bridgehead atoms. The lowest BCUT2D eigenvalue weighted by Gasteiger charge is -2.34. The molecule has 0 radical (unpaired) electrons. The summed E-state index contributed by atoms with van der Waals surface area (Å²) in [7, 11) is 1.67. The summed E-state index contributed by atoms with van der Waals surface area (Å²) < 4.78 is 5.17. The van der Waals surface area contributed by atoms with Crippen LogP contribution in [0.3, 0.4) is 0 Å². The van der Waals surface area contributed by atoms with Crippen LogP contribution in [0.5, 0.6) is 5.75 Å². The summed E-state index contributed by atoms with van der Waals surface area (Å²) in [5.74, 6) is 1.14. The number of thiazole rings is 1. The number of aromatic nitrogens is 1. The lowest BCUT2D eigenvalue weighted by molar-refractivity contribution is -0.135. The van der Waals surface area contributed by atoms with E-state index in [1.54, 1.807) is 18.4 Å². The summed E-state index contributed by atoms with van der Waals surface area (Å²) in [6, 6.07) is 8.28. The van der Waals surface area contributed by atoms with Crippen LogP contribution in [0.15, 0.2) is 35.8 Å². The molecule has 0 saturated carbocycles. The van der Waals surface area contributed by atoms with Crippen molar-refractivity contribution in [3.63, 3.8) is 0 Å². The van der Waals surface area contributed by atoms with Crippen molar-refractivity contribution in [1.82, 2.24) is 9.88 Å². The first-order chi connectivity index (χ1) is 11.8. The Hall–Kier alpha value is -1.88. The number of hydrogen-bond donors (Lipinski definition) is 0. The second kappa shape index (κ2) is 8.29. The van der Waals surface area contributed by atoms with Crippen LogP contribution in [-0.4, -0.2) is 29.4 Å². The number of piperidine rings is 1. The van der Waals surface area contributed by atoms with Gasteiger partial charge in [-0.3, -0.25) is 4.79 Å². The molecular weight excluding hydrogens is 320 g/mol. The third-order valence-electron chi connectivity index (χ3n) is 4.57. The van der Waals surface area contributed by atoms with Gasteiger partial charge in [-0.2, -0.15) is 0 Å². The van der Waals surface area contributed by atoms with E-state index >= 15 is 0 Å². The molecule has 4 nitrogen and oxygen atoms in total. The molecule has 0 spiro atoms. The second-order valence-corrected chi connectivity index (χ2v) is 7.10. The first-order valence-corrected chi connectivity index (χ1v) is 9.47. The minimum absolute atomic E-state index is 0.187. The first-order valence-electron chi connectivity index (χ1n) is 8.59. The monoisotopic (exact) mass is 344 g/mol. The van der Waals surface area contributed by atoms with Crippen LogP contribution in [0.25, 0.3) is 0 Å². The van der Waals surface area contributed by atoms with Crippen molar-refractivity contribution < 1.29 is 9.53 Å². The van der Waals surface area contributed by atoms with Crippen LogP contribution in [0.1, 0.15) is 48.7 Å². The summed E-state index contributed by atoms with van der Waals surface area (Å²) in [4.78, 5) is 19.2. The fourth-order valence-corrected chi connectivity index (χ4v) is 4.05. The number of carbonyl (C=O) groups is 1. The van der Waals surface area contributed by atoms with Crippen LogP contribution in [0.2, 0.25) is 0 Å². The van der Waals surface area contributed by atoms with Gasteiger partial charge in [0.05, 0.1) is 13.2 Å². The zero-order chi connectivity index (χ0) is 16.8. The molecule has 1 amide bonds. The highest BCUT2D eigenvalue weighted by atomic mass is 32.1. The molecule has 1 fully saturated rings. The molecule has 3 rings (SSSR count). The van der Waals surface area contributed by atoms with Gasteiger partial charge < -0.3 is 9.64 Å². The Morgan fingerprint density at radius 3 is 2.88 bits per heavy atom. The highest BCUT2D eigenvalue weighted by Gasteiger charge is 2.29. The molecule has 0 unspecified atom stereocenters. The van der Waals surface area contributed by atoms with Gasteiger partial charge in [0.25, 0.3) is 0 Å². The van der Waals surface area contributed by atoms with Crippen molar-refractivity contribution in [2.75, 3.05) is 13.7 Å². The maximum absolute atomic E-state index is 12.7. The van der Waals surface area contributed by atoms with E-state index in [2.05, 4.69) is 22.0 Å². The van der Waals surface area contributed by atoms with Crippen LogP contribution in [0, 0.1) is 0 Å². The van der Waals surface area contributed by atoms with E-state index in [1.807, 2.05) is 23.7 Å². The maximum atomic E-state index is 12.7. The molecule has 1 atom stereocenters. The third-order valence-corrected chi connectivity index (χ3v) is 5.45. The Bertz CT molecular complexity index is 640. The van der Waals surface area contributed by atoms with E-state index < -0.39 is 0 Å². The SMILES string of the molecule is COc1ccc(CCCC(=O)N2CCCC[C@H]2c2nccs2)cc1. The van der Waals surface area contributed by atoms with Crippen molar-refractivity contribution in [3.05, 3.63) is 46.4 Å². The number of ether oxygens (including phenoxy) is 1. The van der Waals surface area contributed by atoms with Gasteiger partial charge in [0.2, 0.25) is 5.91 Å². The fourth-order valence-electron chi connectivity index (χ4n) is 3.27. The molecule has 0 aliphatic carbocycles. The zero-order valence-electron chi connectivity index (χ0n) is 14.1. The van der Waals surface area contributed by atoms with Crippen LogP contribution in [0.4, 0.5) is 0 Å². The lowest BCUT2D eigenvalue weighted by Crippen LogP contribution is -2.38. The van der Waals surface area contributed by atoms with Crippen molar-refractivity contribution in [2.45, 2.75) is 44.6 Å². The number of methoxy groups -OCH3 is 1. The molecule has 5 heteroatoms. The molecule has 24 heavy (non-hydrogen) atoms. The molecule has 128 valence electrons. The Morgan fingerprint density at radius 2 is 2.17 bits per heavy atom. The fraction of sp³-hybridized carbons (Fsp3) is 0.474. The number of benzene rings is 1. The molecule has 1 aromatic carbocycles. The van der Waals surface area contributed by atoms with Gasteiger partial charge in [0.15, 0.2) is 0 Å². The Kier molecular flexibility index (Phi) is 5.86. The van der Waals surface area contributed by atoms with Crippen LogP contribution in [-0.2, 0) is 11.2 Å². The average Bonchev–Trinajstić information content (AvgIpc) is 3.17. The highest BCUT2D eigenvalue weighted by Crippen LogP contribution is 2.32. The van der Waals surface area contributed by atoms with Crippen molar-refractivity contribution in [1.29, 1.82) is 0 Å². The van der Waals surface area contributed by atoms with Gasteiger partial charge in [-0.25, -0.2) is 4.98 Å². The number of hydrogen-bond acceptors (Lipinski definition) is 4. The first kappa shape index (κ1) is 17.0. The maximum Gasteiger partial charge on any atom is 0.223 e. The van der Waals surface area contributed by atoms with Gasteiger partial charge in [0, 0.05) is 24.5 Å². The summed E-state index contributed by atoms with van der Waals surface area (Å²) in [6.07, 6.45) is 7.57. The number of likely N-dealkylation sites (tertiary alicyclic amines) is 1. The quantitative estimate of drug-likeness (QED) is 0.787. The number of carbonyl (C=O) groups excluding carboxylic acids is 1. The van der Waals surface area contributed by atoms with Gasteiger partial charge >= 0.3 is 0 Å². The summed E-state index contributed by atoms with van der Waals surface area (Å²) >= 11 is 1.66. The third kappa shape index (κ3) is 4.15. The topological polar surface area (TPSA) is 42.4 Å². The predicted octanol–water partition coefficient (Wildman–Crippen LogP) is 4.23. The molecule has 1 saturated heterocycles. The summed E-state index contributed by atoms with van der Waals surface area (Å²) in [5, 5.41) is 3.08. The largest absolute Gasteiger partial charge is 0.497 e. The van der Waals surface area contributed by atoms with Gasteiger partial charge in [-0.15, -0.1) is 11.3 Å². The second-order valence-electron chi connectivity index (χ2n) is 6.17. The van der Waals surface area contributed by atoms with Crippen LogP contribution < -0.4 is 4.74 Å². The summed E-state index contributed by atoms with van der Waals surface area (Å²) in [6.45, 7) is 0.867. The molecule has 2 heterocycles. The van der Waals surface area contributed by atoms with Crippen molar-refractivity contribution >= 4 is 17.2 Å². The van der Waals surface area contributed by atoms with Gasteiger partial charge in [-0.05, 0) is 49.8 Å². The zero-order valence-corrected chi connectivity index (χ0v) is 14.9. The summed E-state index contributed by atoms with van der Waals surface area (Å²) in [5.41, 5.74) is 1.25. The normalized spacial score (nSPS) is 17.7. The van der Waals surface area contributed by atoms with E-state index in [0.29, 0.717) is 6.42 Å². The molecule has 1 aromatic heterocycles.